The van der Waals surface area contributed by atoms with Gasteiger partial charge in [-0.2, -0.15) is 0 Å². The van der Waals surface area contributed by atoms with Gasteiger partial charge in [-0.1, -0.05) is 18.2 Å². The maximum absolute atomic E-state index is 13.8. The van der Waals surface area contributed by atoms with Crippen molar-refractivity contribution in [1.29, 1.82) is 0 Å². The molecule has 5 nitrogen and oxygen atoms in total. The molecule has 0 unspecified atom stereocenters. The Bertz CT molecular complexity index is 836. The van der Waals surface area contributed by atoms with Crippen LogP contribution in [0.3, 0.4) is 0 Å². The van der Waals surface area contributed by atoms with Crippen LogP contribution in [-0.4, -0.2) is 33.7 Å². The van der Waals surface area contributed by atoms with E-state index in [2.05, 4.69) is 10.3 Å². The summed E-state index contributed by atoms with van der Waals surface area (Å²) >= 11 is 0. The third-order valence-electron chi connectivity index (χ3n) is 5.48. The van der Waals surface area contributed by atoms with Crippen LogP contribution < -0.4 is 11.1 Å². The Labute approximate surface area is 165 Å². The van der Waals surface area contributed by atoms with E-state index in [0.29, 0.717) is 22.7 Å². The number of nitrogens with one attached hydrogen (secondary N) is 1. The number of carbonyl (C=O) groups is 1. The SMILES string of the molecule is CC(C)(NC(=O)c1cccnc1C[C@H](O)[C@H](N)Cc1ccccc1F)C1CC1. The maximum Gasteiger partial charge on any atom is 0.253 e. The van der Waals surface area contributed by atoms with Crippen LogP contribution in [0.2, 0.25) is 0 Å². The quantitative estimate of drug-likeness (QED) is 0.652. The van der Waals surface area contributed by atoms with Crippen LogP contribution in [0.5, 0.6) is 0 Å². The Morgan fingerprint density at radius 2 is 2.00 bits per heavy atom. The van der Waals surface area contributed by atoms with E-state index in [1.165, 1.54) is 6.07 Å². The highest BCUT2D eigenvalue weighted by Crippen LogP contribution is 2.39. The van der Waals surface area contributed by atoms with Crippen molar-refractivity contribution in [2.24, 2.45) is 11.7 Å². The molecule has 0 bridgehead atoms. The number of aliphatic hydroxyl groups excluding tert-OH is 1. The number of hydrogen-bond acceptors (Lipinski definition) is 4. The average molecular weight is 385 g/mol. The van der Waals surface area contributed by atoms with Gasteiger partial charge in [0.2, 0.25) is 0 Å². The number of amides is 1. The fourth-order valence-electron chi connectivity index (χ4n) is 3.48. The summed E-state index contributed by atoms with van der Waals surface area (Å²) in [5.74, 6) is -0.0448. The van der Waals surface area contributed by atoms with E-state index in [-0.39, 0.29) is 30.1 Å². The Morgan fingerprint density at radius 3 is 2.68 bits per heavy atom. The fraction of sp³-hybridized carbons (Fsp3) is 0.455. The van der Waals surface area contributed by atoms with Gasteiger partial charge in [-0.3, -0.25) is 9.78 Å². The van der Waals surface area contributed by atoms with Gasteiger partial charge in [-0.05, 0) is 62.8 Å². The predicted octanol–water partition coefficient (Wildman–Crippen LogP) is 2.61. The molecule has 6 heteroatoms. The summed E-state index contributed by atoms with van der Waals surface area (Å²) in [6.45, 7) is 4.05. The second kappa shape index (κ2) is 8.37. The van der Waals surface area contributed by atoms with E-state index in [9.17, 15) is 14.3 Å². The molecule has 150 valence electrons. The number of hydrogen-bond donors (Lipinski definition) is 3. The smallest absolute Gasteiger partial charge is 0.253 e. The molecule has 1 aromatic heterocycles. The number of carbonyl (C=O) groups excluding carboxylic acids is 1. The molecule has 2 atom stereocenters. The Kier molecular flexibility index (Phi) is 6.10. The maximum atomic E-state index is 13.8. The molecule has 3 rings (SSSR count). The Balaban J connectivity index is 1.68. The second-order valence-electron chi connectivity index (χ2n) is 8.18. The monoisotopic (exact) mass is 385 g/mol. The third-order valence-corrected chi connectivity index (χ3v) is 5.48. The normalized spacial score (nSPS) is 16.5. The summed E-state index contributed by atoms with van der Waals surface area (Å²) in [4.78, 5) is 17.1. The van der Waals surface area contributed by atoms with Gasteiger partial charge in [0.25, 0.3) is 5.91 Å². The van der Waals surface area contributed by atoms with Crippen LogP contribution in [0.1, 0.15) is 48.3 Å². The molecule has 0 radical (unpaired) electrons. The second-order valence-corrected chi connectivity index (χ2v) is 8.18. The summed E-state index contributed by atoms with van der Waals surface area (Å²) in [5.41, 5.74) is 7.21. The van der Waals surface area contributed by atoms with Gasteiger partial charge < -0.3 is 16.2 Å². The zero-order valence-corrected chi connectivity index (χ0v) is 16.4. The number of aliphatic hydroxyl groups is 1. The van der Waals surface area contributed by atoms with Crippen LogP contribution in [0, 0.1) is 11.7 Å². The average Bonchev–Trinajstić information content (AvgIpc) is 3.49. The van der Waals surface area contributed by atoms with Crippen LogP contribution in [0.25, 0.3) is 0 Å². The standard InChI is InChI=1S/C22H28FN3O2/c1-22(2,15-9-10-15)26-21(28)16-7-5-11-25-19(16)13-20(27)18(24)12-14-6-3-4-8-17(14)23/h3-8,11,15,18,20,27H,9-10,12-13,24H2,1-2H3,(H,26,28)/t18-,20+/m1/s1. The van der Waals surface area contributed by atoms with Gasteiger partial charge in [0.1, 0.15) is 5.82 Å². The summed E-state index contributed by atoms with van der Waals surface area (Å²) in [6, 6.07) is 9.11. The molecular weight excluding hydrogens is 357 g/mol. The van der Waals surface area contributed by atoms with Crippen molar-refractivity contribution in [3.05, 3.63) is 65.2 Å². The number of nitrogens with two attached hydrogens (primary N) is 1. The molecule has 0 spiro atoms. The van der Waals surface area contributed by atoms with Crippen molar-refractivity contribution in [2.45, 2.75) is 57.2 Å². The van der Waals surface area contributed by atoms with Crippen LogP contribution in [-0.2, 0) is 12.8 Å². The molecule has 1 aliphatic rings. The first kappa shape index (κ1) is 20.4. The number of rotatable bonds is 8. The van der Waals surface area contributed by atoms with Gasteiger partial charge in [-0.15, -0.1) is 0 Å². The van der Waals surface area contributed by atoms with Crippen LogP contribution in [0.15, 0.2) is 42.6 Å². The van der Waals surface area contributed by atoms with Crippen LogP contribution in [0.4, 0.5) is 4.39 Å². The van der Waals surface area contributed by atoms with Crippen molar-refractivity contribution < 1.29 is 14.3 Å². The number of halogens is 1. The van der Waals surface area contributed by atoms with Crippen molar-refractivity contribution in [3.8, 4) is 0 Å². The summed E-state index contributed by atoms with van der Waals surface area (Å²) in [6.07, 6.45) is 3.22. The molecular formula is C22H28FN3O2. The molecule has 0 saturated heterocycles. The third kappa shape index (κ3) is 4.94. The zero-order valence-electron chi connectivity index (χ0n) is 16.4. The molecule has 0 aliphatic heterocycles. The lowest BCUT2D eigenvalue weighted by atomic mass is 9.95. The number of nitrogens with zero attached hydrogens (tertiary/aromatic N) is 1. The van der Waals surface area contributed by atoms with Gasteiger partial charge in [0.15, 0.2) is 0 Å². The molecule has 4 N–H and O–H groups in total. The van der Waals surface area contributed by atoms with Gasteiger partial charge in [0.05, 0.1) is 17.4 Å². The highest BCUT2D eigenvalue weighted by atomic mass is 19.1. The molecule has 1 heterocycles. The Morgan fingerprint density at radius 1 is 1.29 bits per heavy atom. The minimum Gasteiger partial charge on any atom is -0.391 e. The lowest BCUT2D eigenvalue weighted by Gasteiger charge is -2.27. The minimum absolute atomic E-state index is 0.128. The minimum atomic E-state index is -0.947. The first-order valence-corrected chi connectivity index (χ1v) is 9.71. The number of pyridine rings is 1. The van der Waals surface area contributed by atoms with Gasteiger partial charge in [0, 0.05) is 24.2 Å². The topological polar surface area (TPSA) is 88.2 Å². The van der Waals surface area contributed by atoms with E-state index < -0.39 is 12.1 Å². The molecule has 28 heavy (non-hydrogen) atoms. The van der Waals surface area contributed by atoms with E-state index in [1.54, 1.807) is 36.5 Å². The zero-order chi connectivity index (χ0) is 20.3. The predicted molar refractivity (Wildman–Crippen MR) is 106 cm³/mol. The first-order chi connectivity index (χ1) is 13.3. The fourth-order valence-corrected chi connectivity index (χ4v) is 3.48. The first-order valence-electron chi connectivity index (χ1n) is 9.71. The Hall–Kier alpha value is -2.31. The van der Waals surface area contributed by atoms with E-state index >= 15 is 0 Å². The van der Waals surface area contributed by atoms with E-state index in [4.69, 9.17) is 5.73 Å². The summed E-state index contributed by atoms with van der Waals surface area (Å²) < 4.78 is 13.8. The lowest BCUT2D eigenvalue weighted by molar-refractivity contribution is 0.0900. The number of benzene rings is 1. The molecule has 1 aromatic carbocycles. The van der Waals surface area contributed by atoms with Crippen molar-refractivity contribution in [3.63, 3.8) is 0 Å². The molecule has 1 aliphatic carbocycles. The molecule has 1 saturated carbocycles. The van der Waals surface area contributed by atoms with Gasteiger partial charge in [-0.25, -0.2) is 4.39 Å². The highest BCUT2D eigenvalue weighted by molar-refractivity contribution is 5.95. The van der Waals surface area contributed by atoms with Crippen LogP contribution >= 0.6 is 0 Å². The lowest BCUT2D eigenvalue weighted by Crippen LogP contribution is -2.45. The molecule has 1 fully saturated rings. The van der Waals surface area contributed by atoms with Crippen molar-refractivity contribution in [2.75, 3.05) is 0 Å². The van der Waals surface area contributed by atoms with E-state index in [1.807, 2.05) is 13.8 Å². The largest absolute Gasteiger partial charge is 0.391 e. The summed E-state index contributed by atoms with van der Waals surface area (Å²) in [5, 5.41) is 13.6. The van der Waals surface area contributed by atoms with Crippen molar-refractivity contribution >= 4 is 5.91 Å². The van der Waals surface area contributed by atoms with E-state index in [0.717, 1.165) is 12.8 Å². The summed E-state index contributed by atoms with van der Waals surface area (Å²) in [7, 11) is 0. The van der Waals surface area contributed by atoms with Crippen molar-refractivity contribution in [1.82, 2.24) is 10.3 Å². The molecule has 2 aromatic rings. The highest BCUT2D eigenvalue weighted by Gasteiger charge is 2.39. The number of aromatic nitrogens is 1. The molecule has 1 amide bonds. The van der Waals surface area contributed by atoms with Gasteiger partial charge >= 0.3 is 0 Å².